The predicted molar refractivity (Wildman–Crippen MR) is 107 cm³/mol. The molecule has 3 aromatic rings. The number of hydrogen-bond acceptors (Lipinski definition) is 7. The molecule has 0 unspecified atom stereocenters. The normalized spacial score (nSPS) is 25.9. The van der Waals surface area contributed by atoms with Crippen molar-refractivity contribution >= 4 is 0 Å². The Kier molecular flexibility index (Phi) is 4.47. The lowest BCUT2D eigenvalue weighted by Crippen LogP contribution is -2.53. The molecule has 8 nitrogen and oxygen atoms in total. The molecule has 0 saturated carbocycles. The van der Waals surface area contributed by atoms with E-state index in [0.29, 0.717) is 23.4 Å². The number of aromatic hydroxyl groups is 1. The Balaban J connectivity index is 1.32. The van der Waals surface area contributed by atoms with Gasteiger partial charge in [-0.15, -0.1) is 15.3 Å². The van der Waals surface area contributed by atoms with Gasteiger partial charge in [-0.25, -0.2) is 9.07 Å². The summed E-state index contributed by atoms with van der Waals surface area (Å²) in [6.45, 7) is 2.03. The number of nitrogens with zero attached hydrogens (tertiary/aromatic N) is 6. The van der Waals surface area contributed by atoms with Crippen molar-refractivity contribution in [3.05, 3.63) is 54.4 Å². The van der Waals surface area contributed by atoms with Crippen molar-refractivity contribution in [3.8, 4) is 28.6 Å². The van der Waals surface area contributed by atoms with Gasteiger partial charge in [-0.05, 0) is 32.2 Å². The fourth-order valence-electron chi connectivity index (χ4n) is 4.29. The number of fused-ring (bicyclic) bond motifs is 2. The number of ether oxygens (including phenoxy) is 1. The summed E-state index contributed by atoms with van der Waals surface area (Å²) in [7, 11) is 1.94. The van der Waals surface area contributed by atoms with E-state index in [2.05, 4.69) is 25.4 Å². The van der Waals surface area contributed by atoms with E-state index in [9.17, 15) is 9.50 Å². The summed E-state index contributed by atoms with van der Waals surface area (Å²) in [4.78, 5) is 2.06. The van der Waals surface area contributed by atoms with Crippen molar-refractivity contribution in [2.45, 2.75) is 37.7 Å². The molecule has 1 aromatic carbocycles. The van der Waals surface area contributed by atoms with Gasteiger partial charge in [0.15, 0.2) is 6.17 Å². The summed E-state index contributed by atoms with van der Waals surface area (Å²) in [5.41, 5.74) is 2.88. The highest BCUT2D eigenvalue weighted by molar-refractivity contribution is 5.68. The van der Waals surface area contributed by atoms with Crippen LogP contribution in [0.3, 0.4) is 0 Å². The Morgan fingerprint density at radius 1 is 1.20 bits per heavy atom. The van der Waals surface area contributed by atoms with Gasteiger partial charge < -0.3 is 9.84 Å². The van der Waals surface area contributed by atoms with Gasteiger partial charge in [0.1, 0.15) is 11.9 Å². The highest BCUT2D eigenvalue weighted by Crippen LogP contribution is 2.37. The van der Waals surface area contributed by atoms with Gasteiger partial charge in [0.25, 0.3) is 0 Å². The second-order valence-corrected chi connectivity index (χ2v) is 7.72. The van der Waals surface area contributed by atoms with Gasteiger partial charge in [-0.2, -0.15) is 0 Å². The Bertz CT molecular complexity index is 1090. The van der Waals surface area contributed by atoms with E-state index in [1.165, 1.54) is 5.57 Å². The first-order valence-corrected chi connectivity index (χ1v) is 9.76. The van der Waals surface area contributed by atoms with Crippen LogP contribution in [-0.4, -0.2) is 66.6 Å². The van der Waals surface area contributed by atoms with E-state index in [-0.39, 0.29) is 23.7 Å². The topological polar surface area (TPSA) is 89.2 Å². The lowest BCUT2D eigenvalue weighted by atomic mass is 9.96. The molecule has 0 amide bonds. The fourth-order valence-corrected chi connectivity index (χ4v) is 4.29. The fraction of sp³-hybridized carbons (Fsp3) is 0.333. The summed E-state index contributed by atoms with van der Waals surface area (Å²) >= 11 is 0. The van der Waals surface area contributed by atoms with Crippen molar-refractivity contribution in [1.29, 1.82) is 0 Å². The Hall–Kier alpha value is -3.33. The maximum atomic E-state index is 14.9. The minimum absolute atomic E-state index is 0.0447. The summed E-state index contributed by atoms with van der Waals surface area (Å²) < 4.78 is 22.3. The third-order valence-electron chi connectivity index (χ3n) is 5.91. The first-order valence-electron chi connectivity index (χ1n) is 9.76. The minimum Gasteiger partial charge on any atom is -0.507 e. The van der Waals surface area contributed by atoms with Crippen molar-refractivity contribution < 1.29 is 14.2 Å². The molecular weight excluding hydrogens is 387 g/mol. The van der Waals surface area contributed by atoms with E-state index in [1.54, 1.807) is 47.4 Å². The quantitative estimate of drug-likeness (QED) is 0.664. The van der Waals surface area contributed by atoms with E-state index < -0.39 is 12.3 Å². The summed E-state index contributed by atoms with van der Waals surface area (Å²) in [5, 5.41) is 26.3. The van der Waals surface area contributed by atoms with Crippen molar-refractivity contribution in [3.63, 3.8) is 0 Å². The molecule has 30 heavy (non-hydrogen) atoms. The van der Waals surface area contributed by atoms with Crippen LogP contribution in [0, 0.1) is 0 Å². The standard InChI is InChI=1S/C21H21FN6O2/c1-12-9-17-21(22)19(11-16(12)27(17)2)30-20-6-5-15(24-25-20)14-4-3-13(10-18(14)29)28-8-7-23-26-28/h3-10,16-17,19,21,29H,11H2,1-2H3/t16-,17-,19+,21+/m1/s1. The number of phenols is 1. The highest BCUT2D eigenvalue weighted by atomic mass is 19.1. The van der Waals surface area contributed by atoms with E-state index in [4.69, 9.17) is 4.74 Å². The number of benzene rings is 1. The second kappa shape index (κ2) is 7.17. The number of phenolic OH excluding ortho intramolecular Hbond substituents is 1. The molecule has 1 saturated heterocycles. The molecule has 9 heteroatoms. The van der Waals surface area contributed by atoms with E-state index in [1.807, 2.05) is 20.0 Å². The zero-order chi connectivity index (χ0) is 20.8. The maximum Gasteiger partial charge on any atom is 0.233 e. The zero-order valence-electron chi connectivity index (χ0n) is 16.6. The average molecular weight is 408 g/mol. The Labute approximate surface area is 172 Å². The molecule has 4 heterocycles. The van der Waals surface area contributed by atoms with Crippen LogP contribution in [0.15, 0.2) is 54.4 Å². The first-order chi connectivity index (χ1) is 14.5. The van der Waals surface area contributed by atoms with Crippen LogP contribution in [-0.2, 0) is 0 Å². The number of rotatable bonds is 4. The van der Waals surface area contributed by atoms with Gasteiger partial charge in [-0.3, -0.25) is 4.90 Å². The monoisotopic (exact) mass is 408 g/mol. The average Bonchev–Trinajstić information content (AvgIpc) is 3.34. The maximum absolute atomic E-state index is 14.9. The van der Waals surface area contributed by atoms with Crippen molar-refractivity contribution in [2.24, 2.45) is 0 Å². The number of aromatic nitrogens is 5. The van der Waals surface area contributed by atoms with E-state index >= 15 is 0 Å². The molecule has 0 spiro atoms. The van der Waals surface area contributed by atoms with Gasteiger partial charge in [0.2, 0.25) is 5.88 Å². The molecular formula is C21H21FN6O2. The van der Waals surface area contributed by atoms with Crippen LogP contribution < -0.4 is 4.74 Å². The minimum atomic E-state index is -1.13. The molecule has 0 radical (unpaired) electrons. The number of halogens is 1. The molecule has 2 aliphatic heterocycles. The second-order valence-electron chi connectivity index (χ2n) is 7.72. The lowest BCUT2D eigenvalue weighted by Gasteiger charge is -2.39. The third-order valence-corrected chi connectivity index (χ3v) is 5.91. The highest BCUT2D eigenvalue weighted by Gasteiger charge is 2.46. The molecule has 154 valence electrons. The smallest absolute Gasteiger partial charge is 0.233 e. The molecule has 2 aromatic heterocycles. The summed E-state index contributed by atoms with van der Waals surface area (Å²) in [5.74, 6) is 0.315. The number of alkyl halides is 1. The SMILES string of the molecule is CC1=C[C@@H]2[C@H](F)[C@@H](Oc3ccc(-c4ccc(-n5ccnn5)cc4O)nn3)C[C@H]1N2C. The van der Waals surface area contributed by atoms with Gasteiger partial charge in [-0.1, -0.05) is 16.9 Å². The van der Waals surface area contributed by atoms with Crippen molar-refractivity contribution in [1.82, 2.24) is 30.1 Å². The Morgan fingerprint density at radius 2 is 2.07 bits per heavy atom. The predicted octanol–water partition coefficient (Wildman–Crippen LogP) is 2.55. The van der Waals surface area contributed by atoms with E-state index in [0.717, 1.165) is 0 Å². The first kappa shape index (κ1) is 18.7. The van der Waals surface area contributed by atoms with Crippen LogP contribution in [0.2, 0.25) is 0 Å². The van der Waals surface area contributed by atoms with Crippen LogP contribution >= 0.6 is 0 Å². The molecule has 1 N–H and O–H groups in total. The van der Waals surface area contributed by atoms with Crippen molar-refractivity contribution in [2.75, 3.05) is 7.05 Å². The van der Waals surface area contributed by atoms with Crippen LogP contribution in [0.1, 0.15) is 13.3 Å². The molecule has 0 aliphatic carbocycles. The van der Waals surface area contributed by atoms with Gasteiger partial charge in [0, 0.05) is 30.2 Å². The van der Waals surface area contributed by atoms with Crippen LogP contribution in [0.25, 0.3) is 16.9 Å². The molecule has 5 rings (SSSR count). The van der Waals surface area contributed by atoms with Gasteiger partial charge >= 0.3 is 0 Å². The largest absolute Gasteiger partial charge is 0.507 e. The summed E-state index contributed by atoms with van der Waals surface area (Å²) in [6, 6.07) is 8.40. The lowest BCUT2D eigenvalue weighted by molar-refractivity contribution is -0.00705. The summed E-state index contributed by atoms with van der Waals surface area (Å²) in [6.07, 6.45) is 4.11. The third kappa shape index (κ3) is 3.11. The number of hydrogen-bond donors (Lipinski definition) is 1. The van der Waals surface area contributed by atoms with Gasteiger partial charge in [0.05, 0.1) is 29.8 Å². The number of piperidine rings is 1. The molecule has 1 fully saturated rings. The van der Waals surface area contributed by atoms with Crippen LogP contribution in [0.4, 0.5) is 4.39 Å². The zero-order valence-corrected chi connectivity index (χ0v) is 16.6. The molecule has 4 atom stereocenters. The molecule has 2 bridgehead atoms. The number of likely N-dealkylation sites (N-methyl/N-ethyl adjacent to an activating group) is 1. The molecule has 2 aliphatic rings. The van der Waals surface area contributed by atoms with Crippen LogP contribution in [0.5, 0.6) is 11.6 Å². The Morgan fingerprint density at radius 3 is 2.77 bits per heavy atom.